The minimum atomic E-state index is -4.65. The van der Waals surface area contributed by atoms with Crippen LogP contribution >= 0.6 is 0 Å². The van der Waals surface area contributed by atoms with Crippen LogP contribution in [0.25, 0.3) is 0 Å². The predicted molar refractivity (Wildman–Crippen MR) is 96.9 cm³/mol. The van der Waals surface area contributed by atoms with Gasteiger partial charge in [0.1, 0.15) is 0 Å². The quantitative estimate of drug-likeness (QED) is 0.710. The van der Waals surface area contributed by atoms with Gasteiger partial charge in [-0.05, 0) is 25.8 Å². The molecule has 0 aromatic carbocycles. The number of hydrogen-bond acceptors (Lipinski definition) is 4. The topological polar surface area (TPSA) is 120 Å². The molecule has 0 unspecified atom stereocenters. The molecule has 0 saturated heterocycles. The van der Waals surface area contributed by atoms with Gasteiger partial charge in [-0.15, -0.1) is 0 Å². The molecule has 1 fully saturated rings. The molecule has 1 aliphatic rings. The van der Waals surface area contributed by atoms with Crippen LogP contribution in [0.1, 0.15) is 44.6 Å². The van der Waals surface area contributed by atoms with E-state index in [-0.39, 0.29) is 58.2 Å². The maximum atomic E-state index is 12.9. The molecular formula is C15H22F3N3NaO4S. The Labute approximate surface area is 178 Å². The second-order valence-electron chi connectivity index (χ2n) is 5.95. The molecule has 0 spiro atoms. The number of halogens is 3. The first-order chi connectivity index (χ1) is 11.6. The molecule has 4 N–H and O–H groups in total. The van der Waals surface area contributed by atoms with Crippen molar-refractivity contribution in [2.75, 3.05) is 15.8 Å². The van der Waals surface area contributed by atoms with E-state index in [1.165, 1.54) is 6.92 Å². The van der Waals surface area contributed by atoms with Gasteiger partial charge in [-0.1, -0.05) is 19.3 Å². The SMILES string of the molecule is CCS(=O)(=O)Nc1ncc(C(F)(F)F)cc1NC(=O)C1CCCCC1.O.[Na]. The number of aromatic nitrogens is 1. The van der Waals surface area contributed by atoms with Crippen LogP contribution in [0.3, 0.4) is 0 Å². The summed E-state index contributed by atoms with van der Waals surface area (Å²) < 4.78 is 64.2. The van der Waals surface area contributed by atoms with Crippen molar-refractivity contribution in [3.63, 3.8) is 0 Å². The molecule has 1 saturated carbocycles. The van der Waals surface area contributed by atoms with E-state index < -0.39 is 27.7 Å². The van der Waals surface area contributed by atoms with Crippen LogP contribution in [0.2, 0.25) is 0 Å². The summed E-state index contributed by atoms with van der Waals surface area (Å²) in [6.07, 6.45) is -0.00924. The van der Waals surface area contributed by atoms with Gasteiger partial charge in [-0.3, -0.25) is 9.52 Å². The number of amides is 1. The molecule has 1 amide bonds. The molecule has 1 aromatic rings. The summed E-state index contributed by atoms with van der Waals surface area (Å²) >= 11 is 0. The fourth-order valence-electron chi connectivity index (χ4n) is 2.62. The third-order valence-corrected chi connectivity index (χ3v) is 5.35. The number of alkyl halides is 3. The fourth-order valence-corrected chi connectivity index (χ4v) is 3.22. The number of anilines is 2. The van der Waals surface area contributed by atoms with E-state index in [2.05, 4.69) is 15.0 Å². The zero-order chi connectivity index (χ0) is 18.7. The number of nitrogens with zero attached hydrogens (tertiary/aromatic N) is 1. The van der Waals surface area contributed by atoms with Gasteiger partial charge in [-0.2, -0.15) is 13.2 Å². The third-order valence-electron chi connectivity index (χ3n) is 4.08. The Kier molecular flexibility index (Phi) is 10.3. The van der Waals surface area contributed by atoms with Gasteiger partial charge in [0.2, 0.25) is 15.9 Å². The van der Waals surface area contributed by atoms with E-state index in [0.717, 1.165) is 19.3 Å². The molecule has 1 aliphatic carbocycles. The van der Waals surface area contributed by atoms with E-state index in [1.54, 1.807) is 0 Å². The summed E-state index contributed by atoms with van der Waals surface area (Å²) in [5.41, 5.74) is -1.35. The van der Waals surface area contributed by atoms with Crippen molar-refractivity contribution < 1.29 is 31.9 Å². The van der Waals surface area contributed by atoms with Gasteiger partial charge in [-0.25, -0.2) is 13.4 Å². The summed E-state index contributed by atoms with van der Waals surface area (Å²) in [5.74, 6) is -1.30. The molecule has 27 heavy (non-hydrogen) atoms. The van der Waals surface area contributed by atoms with E-state index in [4.69, 9.17) is 0 Å². The van der Waals surface area contributed by atoms with Crippen molar-refractivity contribution in [2.45, 2.75) is 45.2 Å². The molecule has 12 heteroatoms. The van der Waals surface area contributed by atoms with E-state index >= 15 is 0 Å². The zero-order valence-electron chi connectivity index (χ0n) is 15.2. The number of hydrogen-bond donors (Lipinski definition) is 2. The minimum Gasteiger partial charge on any atom is -0.412 e. The average molecular weight is 420 g/mol. The second kappa shape index (κ2) is 10.6. The molecule has 2 rings (SSSR count). The molecule has 149 valence electrons. The Morgan fingerprint density at radius 1 is 1.26 bits per heavy atom. The van der Waals surface area contributed by atoms with Crippen molar-refractivity contribution in [1.82, 2.24) is 4.98 Å². The maximum absolute atomic E-state index is 12.9. The van der Waals surface area contributed by atoms with E-state index in [1.807, 2.05) is 0 Å². The van der Waals surface area contributed by atoms with Crippen LogP contribution in [-0.4, -0.2) is 60.1 Å². The standard InChI is InChI=1S/C15H20F3N3O3S.Na.H2O/c1-2-25(23,24)21-13-12(8-11(9-19-13)15(16,17)18)20-14(22)10-6-4-3-5-7-10;;/h8-10H,2-7H2,1H3,(H,19,21)(H,20,22);;1H2. The molecule has 7 nitrogen and oxygen atoms in total. The van der Waals surface area contributed by atoms with Gasteiger partial charge >= 0.3 is 6.18 Å². The first kappa shape index (κ1) is 26.1. The number of sulfonamides is 1. The number of nitrogens with one attached hydrogen (secondary N) is 2. The second-order valence-corrected chi connectivity index (χ2v) is 7.96. The van der Waals surface area contributed by atoms with Crippen molar-refractivity contribution in [3.05, 3.63) is 17.8 Å². The summed E-state index contributed by atoms with van der Waals surface area (Å²) in [6, 6.07) is 0.696. The predicted octanol–water partition coefficient (Wildman–Crippen LogP) is 2.18. The number of rotatable bonds is 5. The summed E-state index contributed by atoms with van der Waals surface area (Å²) in [7, 11) is -3.75. The number of carbonyl (C=O) groups excluding carboxylic acids is 1. The fraction of sp³-hybridized carbons (Fsp3) is 0.600. The van der Waals surface area contributed by atoms with Crippen molar-refractivity contribution >= 4 is 57.0 Å². The van der Waals surface area contributed by atoms with Crippen molar-refractivity contribution in [2.24, 2.45) is 5.92 Å². The molecule has 1 aromatic heterocycles. The molecule has 0 atom stereocenters. The van der Waals surface area contributed by atoms with Crippen LogP contribution in [0.15, 0.2) is 12.3 Å². The maximum Gasteiger partial charge on any atom is 0.417 e. The minimum absolute atomic E-state index is 0. The molecule has 1 heterocycles. The van der Waals surface area contributed by atoms with Gasteiger partial charge in [0.05, 0.1) is 17.0 Å². The Balaban J connectivity index is 0.00000338. The Morgan fingerprint density at radius 3 is 2.37 bits per heavy atom. The van der Waals surface area contributed by atoms with Crippen LogP contribution in [0, 0.1) is 5.92 Å². The zero-order valence-corrected chi connectivity index (χ0v) is 18.0. The van der Waals surface area contributed by atoms with Crippen LogP contribution in [-0.2, 0) is 21.0 Å². The van der Waals surface area contributed by atoms with Crippen molar-refractivity contribution in [1.29, 1.82) is 0 Å². The summed E-state index contributed by atoms with van der Waals surface area (Å²) in [6.45, 7) is 1.38. The van der Waals surface area contributed by atoms with Gasteiger partial charge in [0.25, 0.3) is 0 Å². The van der Waals surface area contributed by atoms with Gasteiger partial charge < -0.3 is 10.8 Å². The summed E-state index contributed by atoms with van der Waals surface area (Å²) in [4.78, 5) is 15.9. The third kappa shape index (κ3) is 7.57. The average Bonchev–Trinajstić information content (AvgIpc) is 2.56. The molecule has 0 aliphatic heterocycles. The van der Waals surface area contributed by atoms with E-state index in [9.17, 15) is 26.4 Å². The first-order valence-corrected chi connectivity index (χ1v) is 9.66. The van der Waals surface area contributed by atoms with Gasteiger partial charge in [0, 0.05) is 41.7 Å². The van der Waals surface area contributed by atoms with Crippen LogP contribution in [0.4, 0.5) is 24.7 Å². The molecule has 0 bridgehead atoms. The van der Waals surface area contributed by atoms with Gasteiger partial charge in [0.15, 0.2) is 5.82 Å². The van der Waals surface area contributed by atoms with Crippen molar-refractivity contribution in [3.8, 4) is 0 Å². The van der Waals surface area contributed by atoms with Crippen LogP contribution < -0.4 is 10.0 Å². The smallest absolute Gasteiger partial charge is 0.412 e. The summed E-state index contributed by atoms with van der Waals surface area (Å²) in [5, 5.41) is 2.41. The van der Waals surface area contributed by atoms with Crippen LogP contribution in [0.5, 0.6) is 0 Å². The number of carbonyl (C=O) groups is 1. The Hall–Kier alpha value is -0.880. The van der Waals surface area contributed by atoms with E-state index in [0.29, 0.717) is 25.1 Å². The normalized spacial score (nSPS) is 15.3. The first-order valence-electron chi connectivity index (χ1n) is 8.01. The Morgan fingerprint density at radius 2 is 1.85 bits per heavy atom. The number of pyridine rings is 1. The largest absolute Gasteiger partial charge is 0.417 e. The molecular weight excluding hydrogens is 398 g/mol. The monoisotopic (exact) mass is 420 g/mol. The molecule has 1 radical (unpaired) electrons. The Bertz CT molecular complexity index is 738.